The van der Waals surface area contributed by atoms with Crippen molar-refractivity contribution in [3.8, 4) is 0 Å². The van der Waals surface area contributed by atoms with Crippen molar-refractivity contribution in [2.45, 2.75) is 43.8 Å². The Morgan fingerprint density at radius 1 is 1.14 bits per heavy atom. The van der Waals surface area contributed by atoms with Crippen molar-refractivity contribution < 1.29 is 0 Å². The number of aryl methyl sites for hydroxylation is 2. The van der Waals surface area contributed by atoms with Gasteiger partial charge in [-0.05, 0) is 69.8 Å². The van der Waals surface area contributed by atoms with Gasteiger partial charge in [0, 0.05) is 22.3 Å². The summed E-state index contributed by atoms with van der Waals surface area (Å²) < 4.78 is 0. The quantitative estimate of drug-likeness (QED) is 0.842. The van der Waals surface area contributed by atoms with Gasteiger partial charge in [-0.25, -0.2) is 9.97 Å². The van der Waals surface area contributed by atoms with Crippen LogP contribution >= 0.6 is 23.4 Å². The molecule has 0 amide bonds. The highest BCUT2D eigenvalue weighted by atomic mass is 35.5. The molecule has 2 aromatic rings. The summed E-state index contributed by atoms with van der Waals surface area (Å²) in [7, 11) is 1.94. The van der Waals surface area contributed by atoms with E-state index in [-0.39, 0.29) is 6.04 Å². The molecule has 0 aliphatic rings. The number of aromatic nitrogens is 2. The zero-order valence-corrected chi connectivity index (χ0v) is 14.6. The van der Waals surface area contributed by atoms with E-state index >= 15 is 0 Å². The van der Waals surface area contributed by atoms with Crippen LogP contribution in [0.15, 0.2) is 28.3 Å². The summed E-state index contributed by atoms with van der Waals surface area (Å²) in [6, 6.07) is 6.40. The smallest absolute Gasteiger partial charge is 0.192 e. The Balaban J connectivity index is 2.28. The average Bonchev–Trinajstić information content (AvgIpc) is 2.46. The van der Waals surface area contributed by atoms with Crippen molar-refractivity contribution in [2.24, 2.45) is 0 Å². The molecule has 0 saturated heterocycles. The Bertz CT molecular complexity index is 635. The lowest BCUT2D eigenvalue weighted by molar-refractivity contribution is 0.652. The number of nitrogens with one attached hydrogen (secondary N) is 1. The van der Waals surface area contributed by atoms with Crippen LogP contribution in [0.2, 0.25) is 5.02 Å². The molecule has 1 aromatic heterocycles. The van der Waals surface area contributed by atoms with Crippen LogP contribution < -0.4 is 5.32 Å². The standard InChI is InChI=1S/C16H20ClN3S/c1-9-10(2)19-16(20-11(9)3)21-15-7-6-13(8-14(15)17)12(4)18-5/h6-8,12,18H,1-5H3. The predicted molar refractivity (Wildman–Crippen MR) is 89.3 cm³/mol. The number of hydrogen-bond donors (Lipinski definition) is 1. The summed E-state index contributed by atoms with van der Waals surface area (Å²) in [5, 5.41) is 4.69. The first-order valence-electron chi connectivity index (χ1n) is 6.88. The monoisotopic (exact) mass is 321 g/mol. The molecule has 1 aromatic carbocycles. The number of benzene rings is 1. The highest BCUT2D eigenvalue weighted by molar-refractivity contribution is 7.99. The molecule has 3 nitrogen and oxygen atoms in total. The summed E-state index contributed by atoms with van der Waals surface area (Å²) >= 11 is 7.89. The fraction of sp³-hybridized carbons (Fsp3) is 0.375. The first-order chi connectivity index (χ1) is 9.92. The Labute approximate surface area is 135 Å². The van der Waals surface area contributed by atoms with Crippen LogP contribution in [-0.4, -0.2) is 17.0 Å². The first kappa shape index (κ1) is 16.3. The van der Waals surface area contributed by atoms with Crippen molar-refractivity contribution in [2.75, 3.05) is 7.05 Å². The molecular formula is C16H20ClN3S. The maximum absolute atomic E-state index is 6.39. The zero-order chi connectivity index (χ0) is 15.6. The van der Waals surface area contributed by atoms with Crippen LogP contribution in [0.5, 0.6) is 0 Å². The van der Waals surface area contributed by atoms with Gasteiger partial charge in [0.1, 0.15) is 0 Å². The molecule has 0 radical (unpaired) electrons. The normalized spacial score (nSPS) is 12.5. The van der Waals surface area contributed by atoms with E-state index in [1.54, 1.807) is 0 Å². The number of nitrogens with zero attached hydrogens (tertiary/aromatic N) is 2. The van der Waals surface area contributed by atoms with Gasteiger partial charge in [0.15, 0.2) is 5.16 Å². The second kappa shape index (κ2) is 6.77. The van der Waals surface area contributed by atoms with E-state index in [0.29, 0.717) is 0 Å². The minimum Gasteiger partial charge on any atom is -0.313 e. The number of rotatable bonds is 4. The van der Waals surface area contributed by atoms with Crippen LogP contribution in [0.3, 0.4) is 0 Å². The van der Waals surface area contributed by atoms with E-state index in [9.17, 15) is 0 Å². The van der Waals surface area contributed by atoms with E-state index in [1.807, 2.05) is 40.0 Å². The average molecular weight is 322 g/mol. The van der Waals surface area contributed by atoms with Crippen LogP contribution in [-0.2, 0) is 0 Å². The molecule has 0 saturated carbocycles. The Morgan fingerprint density at radius 3 is 2.29 bits per heavy atom. The Kier molecular flexibility index (Phi) is 5.25. The van der Waals surface area contributed by atoms with Gasteiger partial charge in [-0.1, -0.05) is 17.7 Å². The van der Waals surface area contributed by atoms with E-state index < -0.39 is 0 Å². The van der Waals surface area contributed by atoms with E-state index in [2.05, 4.69) is 28.3 Å². The maximum Gasteiger partial charge on any atom is 0.192 e. The van der Waals surface area contributed by atoms with Gasteiger partial charge in [-0.3, -0.25) is 0 Å². The Hall–Kier alpha value is -1.10. The molecule has 5 heteroatoms. The zero-order valence-electron chi connectivity index (χ0n) is 13.0. The van der Waals surface area contributed by atoms with E-state index in [1.165, 1.54) is 17.3 Å². The molecule has 1 heterocycles. The lowest BCUT2D eigenvalue weighted by atomic mass is 10.1. The van der Waals surface area contributed by atoms with Crippen LogP contribution in [0.25, 0.3) is 0 Å². The van der Waals surface area contributed by atoms with Crippen molar-refractivity contribution in [3.63, 3.8) is 0 Å². The molecule has 0 spiro atoms. The number of halogens is 1. The van der Waals surface area contributed by atoms with E-state index in [4.69, 9.17) is 11.6 Å². The fourth-order valence-corrected chi connectivity index (χ4v) is 3.08. The second-order valence-electron chi connectivity index (χ2n) is 5.10. The first-order valence-corrected chi connectivity index (χ1v) is 8.08. The maximum atomic E-state index is 6.39. The molecule has 21 heavy (non-hydrogen) atoms. The van der Waals surface area contributed by atoms with Gasteiger partial charge in [0.2, 0.25) is 0 Å². The molecule has 0 fully saturated rings. The summed E-state index contributed by atoms with van der Waals surface area (Å²) in [6.07, 6.45) is 0. The lowest BCUT2D eigenvalue weighted by Crippen LogP contribution is -2.12. The molecule has 1 atom stereocenters. The van der Waals surface area contributed by atoms with Gasteiger partial charge in [-0.2, -0.15) is 0 Å². The second-order valence-corrected chi connectivity index (χ2v) is 6.52. The molecule has 1 N–H and O–H groups in total. The molecule has 0 bridgehead atoms. The van der Waals surface area contributed by atoms with Gasteiger partial charge in [0.25, 0.3) is 0 Å². The lowest BCUT2D eigenvalue weighted by Gasteiger charge is -2.13. The van der Waals surface area contributed by atoms with Crippen LogP contribution in [0, 0.1) is 20.8 Å². The summed E-state index contributed by atoms with van der Waals surface area (Å²) in [4.78, 5) is 10.0. The highest BCUT2D eigenvalue weighted by Crippen LogP contribution is 2.33. The third-order valence-corrected chi connectivity index (χ3v) is 5.07. The van der Waals surface area contributed by atoms with Crippen LogP contribution in [0.4, 0.5) is 0 Å². The topological polar surface area (TPSA) is 37.8 Å². The molecule has 2 rings (SSSR count). The Morgan fingerprint density at radius 2 is 1.76 bits per heavy atom. The summed E-state index contributed by atoms with van der Waals surface area (Å²) in [5.74, 6) is 0. The molecule has 1 unspecified atom stereocenters. The molecule has 112 valence electrons. The van der Waals surface area contributed by atoms with Crippen molar-refractivity contribution >= 4 is 23.4 Å². The number of hydrogen-bond acceptors (Lipinski definition) is 4. The minimum absolute atomic E-state index is 0.279. The minimum atomic E-state index is 0.279. The third-order valence-electron chi connectivity index (χ3n) is 3.70. The van der Waals surface area contributed by atoms with Crippen molar-refractivity contribution in [1.29, 1.82) is 0 Å². The highest BCUT2D eigenvalue weighted by Gasteiger charge is 2.11. The largest absolute Gasteiger partial charge is 0.313 e. The van der Waals surface area contributed by atoms with Gasteiger partial charge < -0.3 is 5.32 Å². The van der Waals surface area contributed by atoms with Crippen molar-refractivity contribution in [1.82, 2.24) is 15.3 Å². The van der Waals surface area contributed by atoms with Crippen molar-refractivity contribution in [3.05, 3.63) is 45.7 Å². The van der Waals surface area contributed by atoms with Gasteiger partial charge in [-0.15, -0.1) is 0 Å². The van der Waals surface area contributed by atoms with Crippen LogP contribution in [0.1, 0.15) is 35.5 Å². The van der Waals surface area contributed by atoms with E-state index in [0.717, 1.165) is 32.0 Å². The van der Waals surface area contributed by atoms with Gasteiger partial charge in [0.05, 0.1) is 5.02 Å². The fourth-order valence-electron chi connectivity index (χ4n) is 1.92. The summed E-state index contributed by atoms with van der Waals surface area (Å²) in [6.45, 7) is 8.16. The summed E-state index contributed by atoms with van der Waals surface area (Å²) in [5.41, 5.74) is 4.34. The van der Waals surface area contributed by atoms with Gasteiger partial charge >= 0.3 is 0 Å². The molecule has 0 aliphatic heterocycles. The predicted octanol–water partition coefficient (Wildman–Crippen LogP) is 4.49. The SMILES string of the molecule is CNC(C)c1ccc(Sc2nc(C)c(C)c(C)n2)c(Cl)c1. The third kappa shape index (κ3) is 3.76. The molecular weight excluding hydrogens is 302 g/mol. The molecule has 0 aliphatic carbocycles.